The molecule has 0 aliphatic rings. The number of nitrogens with zero attached hydrogens (tertiary/aromatic N) is 3. The Morgan fingerprint density at radius 1 is 0.755 bits per heavy atom. The number of nitrogens with one attached hydrogen (secondary N) is 1. The Morgan fingerprint density at radius 3 is 1.94 bits per heavy atom. The number of anilines is 1. The molecule has 270 valence electrons. The minimum absolute atomic E-state index is 0.0655. The molecule has 0 saturated heterocycles. The van der Waals surface area contributed by atoms with Gasteiger partial charge in [0.25, 0.3) is 11.8 Å². The molecule has 0 radical (unpaired) electrons. The predicted octanol–water partition coefficient (Wildman–Crippen LogP) is 8.63. The smallest absolute Gasteiger partial charge is 0.323 e. The van der Waals surface area contributed by atoms with Crippen molar-refractivity contribution in [2.75, 3.05) is 19.0 Å². The Morgan fingerprint density at radius 2 is 1.34 bits per heavy atom. The molecular weight excluding hydrogens is 668 g/mol. The molecule has 0 atom stereocenters. The first kappa shape index (κ1) is 37.7. The summed E-state index contributed by atoms with van der Waals surface area (Å²) in [4.78, 5) is 43.6. The van der Waals surface area contributed by atoms with Gasteiger partial charge in [-0.2, -0.15) is 4.98 Å². The van der Waals surface area contributed by atoms with E-state index in [1.165, 1.54) is 10.5 Å². The monoisotopic (exact) mass is 710 g/mol. The van der Waals surface area contributed by atoms with E-state index in [0.29, 0.717) is 28.5 Å². The highest BCUT2D eigenvalue weighted by Crippen LogP contribution is 2.27. The van der Waals surface area contributed by atoms with Gasteiger partial charge in [-0.25, -0.2) is 0 Å². The van der Waals surface area contributed by atoms with E-state index in [1.807, 2.05) is 63.2 Å². The summed E-state index contributed by atoms with van der Waals surface area (Å²) in [5.74, 6) is -0.250. The second kappa shape index (κ2) is 17.6. The summed E-state index contributed by atoms with van der Waals surface area (Å²) >= 11 is 0. The average Bonchev–Trinajstić information content (AvgIpc) is 3.67. The van der Waals surface area contributed by atoms with E-state index in [2.05, 4.69) is 46.6 Å². The van der Waals surface area contributed by atoms with E-state index in [1.54, 1.807) is 55.6 Å². The number of aliphatic carboxylic acids is 1. The highest BCUT2D eigenvalue weighted by Gasteiger charge is 2.20. The summed E-state index contributed by atoms with van der Waals surface area (Å²) in [5.41, 5.74) is 8.23. The first-order chi connectivity index (χ1) is 25.6. The third-order valence-corrected chi connectivity index (χ3v) is 8.38. The van der Waals surface area contributed by atoms with Crippen LogP contribution in [0.15, 0.2) is 120 Å². The third-order valence-electron chi connectivity index (χ3n) is 8.38. The van der Waals surface area contributed by atoms with Crippen LogP contribution in [0.5, 0.6) is 5.75 Å². The van der Waals surface area contributed by atoms with Gasteiger partial charge in [-0.15, -0.1) is 0 Å². The van der Waals surface area contributed by atoms with Gasteiger partial charge in [-0.3, -0.25) is 14.4 Å². The van der Waals surface area contributed by atoms with Crippen LogP contribution in [-0.2, 0) is 22.6 Å². The Balaban J connectivity index is 0.00000266. The summed E-state index contributed by atoms with van der Waals surface area (Å²) in [7, 11) is 1.60. The normalized spacial score (nSPS) is 10.5. The van der Waals surface area contributed by atoms with Crippen molar-refractivity contribution in [3.05, 3.63) is 143 Å². The van der Waals surface area contributed by atoms with E-state index in [9.17, 15) is 19.5 Å². The van der Waals surface area contributed by atoms with Crippen molar-refractivity contribution in [1.82, 2.24) is 15.0 Å². The molecule has 0 fully saturated rings. The molecule has 0 unspecified atom stereocenters. The molecule has 10 nitrogen and oxygen atoms in total. The van der Waals surface area contributed by atoms with Crippen LogP contribution < -0.4 is 10.1 Å². The van der Waals surface area contributed by atoms with Gasteiger partial charge >= 0.3 is 5.97 Å². The molecule has 2 amide bonds. The van der Waals surface area contributed by atoms with Gasteiger partial charge in [0.1, 0.15) is 12.3 Å². The maximum atomic E-state index is 13.4. The Hall–Kier alpha value is -6.55. The maximum Gasteiger partial charge on any atom is 0.323 e. The quantitative estimate of drug-likeness (QED) is 0.129. The van der Waals surface area contributed by atoms with Crippen LogP contribution in [-0.4, -0.2) is 51.6 Å². The van der Waals surface area contributed by atoms with Crippen molar-refractivity contribution in [3.63, 3.8) is 0 Å². The molecule has 53 heavy (non-hydrogen) atoms. The lowest BCUT2D eigenvalue weighted by Gasteiger charge is -2.21. The van der Waals surface area contributed by atoms with Crippen molar-refractivity contribution in [1.29, 1.82) is 0 Å². The third kappa shape index (κ3) is 9.83. The molecule has 0 saturated carbocycles. The number of rotatable bonds is 12. The molecule has 2 N–H and O–H groups in total. The largest absolute Gasteiger partial charge is 0.496 e. The zero-order chi connectivity index (χ0) is 37.9. The van der Waals surface area contributed by atoms with Crippen molar-refractivity contribution in [2.24, 2.45) is 0 Å². The molecule has 6 rings (SSSR count). The van der Waals surface area contributed by atoms with Crippen LogP contribution in [0.3, 0.4) is 0 Å². The van der Waals surface area contributed by atoms with E-state index in [0.717, 1.165) is 39.1 Å². The fourth-order valence-electron chi connectivity index (χ4n) is 5.67. The summed E-state index contributed by atoms with van der Waals surface area (Å²) < 4.78 is 10.8. The highest BCUT2D eigenvalue weighted by molar-refractivity contribution is 5.97. The van der Waals surface area contributed by atoms with Gasteiger partial charge in [0, 0.05) is 28.9 Å². The van der Waals surface area contributed by atoms with Crippen LogP contribution in [0.2, 0.25) is 0 Å². The second-order valence-corrected chi connectivity index (χ2v) is 12.2. The summed E-state index contributed by atoms with van der Waals surface area (Å²) in [6.45, 7) is 7.55. The molecule has 0 bridgehead atoms. The van der Waals surface area contributed by atoms with Crippen LogP contribution in [0.1, 0.15) is 46.5 Å². The lowest BCUT2D eigenvalue weighted by Crippen LogP contribution is -2.35. The minimum atomic E-state index is -1.14. The van der Waals surface area contributed by atoms with Gasteiger partial charge in [0.05, 0.1) is 13.5 Å². The van der Waals surface area contributed by atoms with E-state index in [-0.39, 0.29) is 18.9 Å². The predicted molar refractivity (Wildman–Crippen MR) is 206 cm³/mol. The van der Waals surface area contributed by atoms with E-state index >= 15 is 0 Å². The highest BCUT2D eigenvalue weighted by atomic mass is 16.5. The van der Waals surface area contributed by atoms with Crippen molar-refractivity contribution < 1.29 is 28.8 Å². The lowest BCUT2D eigenvalue weighted by molar-refractivity contribution is -0.137. The second-order valence-electron chi connectivity index (χ2n) is 12.2. The first-order valence-electron chi connectivity index (χ1n) is 17.3. The minimum Gasteiger partial charge on any atom is -0.496 e. The van der Waals surface area contributed by atoms with Gasteiger partial charge in [0.15, 0.2) is 0 Å². The first-order valence-corrected chi connectivity index (χ1v) is 17.3. The number of methoxy groups -OCH3 is 1. The number of amides is 2. The number of hydrogen-bond donors (Lipinski definition) is 2. The number of aromatic nitrogens is 2. The molecule has 0 spiro atoms. The van der Waals surface area contributed by atoms with Crippen molar-refractivity contribution >= 4 is 23.5 Å². The van der Waals surface area contributed by atoms with E-state index < -0.39 is 18.4 Å². The maximum absolute atomic E-state index is 13.4. The molecular formula is C43H42N4O6. The molecule has 0 aliphatic heterocycles. The standard InChI is InChI=1S/C41H36N4O6.C2H6/c1-26-4-9-30(10-5-26)31-13-15-33(16-14-31)40-43-39(44-51-40)32-11-6-28(7-12-32)24-45(25-38(47)48)41(49)34-17-19-35(20-18-34)42-37(46)23-29-8-21-36(50-3)27(2)22-29;1-2/h4-22H,23-25H2,1-3H3,(H,42,46)(H,47,48);1-2H3. The fourth-order valence-corrected chi connectivity index (χ4v) is 5.67. The average molecular weight is 711 g/mol. The van der Waals surface area contributed by atoms with Crippen LogP contribution >= 0.6 is 0 Å². The van der Waals surface area contributed by atoms with Crippen LogP contribution in [0.4, 0.5) is 5.69 Å². The summed E-state index contributed by atoms with van der Waals surface area (Å²) in [5, 5.41) is 16.6. The lowest BCUT2D eigenvalue weighted by atomic mass is 10.0. The number of carbonyl (C=O) groups is 3. The summed E-state index contributed by atoms with van der Waals surface area (Å²) in [6.07, 6.45) is 0.174. The van der Waals surface area contributed by atoms with Crippen LogP contribution in [0, 0.1) is 13.8 Å². The number of benzene rings is 5. The summed E-state index contributed by atoms with van der Waals surface area (Å²) in [6, 6.07) is 35.4. The van der Waals surface area contributed by atoms with Crippen LogP contribution in [0.25, 0.3) is 34.0 Å². The Labute approximate surface area is 309 Å². The van der Waals surface area contributed by atoms with Gasteiger partial charge in [-0.05, 0) is 84.1 Å². The van der Waals surface area contributed by atoms with Gasteiger partial charge in [0.2, 0.25) is 11.7 Å². The van der Waals surface area contributed by atoms with Gasteiger partial charge < -0.3 is 24.6 Å². The topological polar surface area (TPSA) is 135 Å². The van der Waals surface area contributed by atoms with Crippen molar-refractivity contribution in [2.45, 2.75) is 40.7 Å². The zero-order valence-corrected chi connectivity index (χ0v) is 30.4. The van der Waals surface area contributed by atoms with Crippen molar-refractivity contribution in [3.8, 4) is 39.7 Å². The molecule has 10 heteroatoms. The number of ether oxygens (including phenoxy) is 1. The van der Waals surface area contributed by atoms with Gasteiger partial charge in [-0.1, -0.05) is 97.4 Å². The van der Waals surface area contributed by atoms with E-state index in [4.69, 9.17) is 9.26 Å². The molecule has 1 heterocycles. The molecule has 0 aliphatic carbocycles. The SMILES string of the molecule is CC.COc1ccc(CC(=O)Nc2ccc(C(=O)N(CC(=O)O)Cc3ccc(-c4noc(-c5ccc(-c6ccc(C)cc6)cc5)n4)cc3)cc2)cc1C. The molecule has 6 aromatic rings. The number of carboxylic acids is 1. The number of carbonyl (C=O) groups excluding carboxylic acids is 2. The molecule has 1 aromatic heterocycles. The Bertz CT molecular complexity index is 2160. The number of hydrogen-bond acceptors (Lipinski definition) is 7. The number of carboxylic acid groups (broad SMARTS) is 1. The molecule has 5 aromatic carbocycles. The zero-order valence-electron chi connectivity index (χ0n) is 30.4. The Kier molecular flexibility index (Phi) is 12.5. The number of aryl methyl sites for hydroxylation is 2. The fraction of sp³-hybridized carbons (Fsp3) is 0.186.